The molecule has 3 heteroatoms. The van der Waals surface area contributed by atoms with Crippen molar-refractivity contribution in [3.05, 3.63) is 28.8 Å². The van der Waals surface area contributed by atoms with Gasteiger partial charge in [-0.15, -0.1) is 0 Å². The van der Waals surface area contributed by atoms with Gasteiger partial charge in [0, 0.05) is 6.42 Å². The number of phenolic OH excluding ortho intramolecular Hbond substituents is 1. The summed E-state index contributed by atoms with van der Waals surface area (Å²) in [4.78, 5) is 11.3. The first-order valence-electron chi connectivity index (χ1n) is 7.49. The minimum atomic E-state index is -0.210. The summed E-state index contributed by atoms with van der Waals surface area (Å²) in [6, 6.07) is 3.88. The molecule has 0 atom stereocenters. The highest BCUT2D eigenvalue weighted by molar-refractivity contribution is 5.68. The number of carbonyl (C=O) groups is 1. The van der Waals surface area contributed by atoms with Crippen LogP contribution in [0.2, 0.25) is 0 Å². The molecule has 0 radical (unpaired) electrons. The summed E-state index contributed by atoms with van der Waals surface area (Å²) >= 11 is 0. The fourth-order valence-electron chi connectivity index (χ4n) is 2.19. The van der Waals surface area contributed by atoms with Crippen molar-refractivity contribution in [1.82, 2.24) is 0 Å². The molecule has 0 bridgehead atoms. The Balaban J connectivity index is 3.31. The molecule has 1 aromatic carbocycles. The van der Waals surface area contributed by atoms with Gasteiger partial charge in [0.15, 0.2) is 0 Å². The first-order chi connectivity index (χ1) is 9.46. The number of carbonyl (C=O) groups excluding carboxylic acids is 1. The number of phenols is 1. The van der Waals surface area contributed by atoms with Crippen molar-refractivity contribution in [3.8, 4) is 5.75 Å². The third-order valence-electron chi connectivity index (χ3n) is 3.47. The molecule has 0 saturated carbocycles. The van der Waals surface area contributed by atoms with E-state index in [1.807, 2.05) is 12.1 Å². The first kappa shape index (κ1) is 17.5. The lowest BCUT2D eigenvalue weighted by Gasteiger charge is -2.28. The molecule has 118 valence electrons. The lowest BCUT2D eigenvalue weighted by molar-refractivity contribution is -0.144. The summed E-state index contributed by atoms with van der Waals surface area (Å²) in [5, 5.41) is 10.6. The zero-order chi connectivity index (χ0) is 16.4. The Kier molecular flexibility index (Phi) is 5.08. The molecular formula is C18H28O3. The summed E-state index contributed by atoms with van der Waals surface area (Å²) in [7, 11) is 0. The van der Waals surface area contributed by atoms with Crippen molar-refractivity contribution in [2.75, 3.05) is 0 Å². The minimum Gasteiger partial charge on any atom is -0.507 e. The van der Waals surface area contributed by atoms with Crippen molar-refractivity contribution in [1.29, 1.82) is 0 Å². The van der Waals surface area contributed by atoms with Gasteiger partial charge >= 0.3 is 5.97 Å². The number of ether oxygens (including phenoxy) is 1. The predicted octanol–water partition coefficient (Wildman–Crippen LogP) is 4.44. The molecule has 0 aliphatic carbocycles. The van der Waals surface area contributed by atoms with E-state index in [1.165, 1.54) is 0 Å². The third-order valence-corrected chi connectivity index (χ3v) is 3.47. The second-order valence-electron chi connectivity index (χ2n) is 7.55. The van der Waals surface area contributed by atoms with Crippen LogP contribution in [-0.2, 0) is 27.0 Å². The van der Waals surface area contributed by atoms with Crippen LogP contribution in [0.25, 0.3) is 0 Å². The van der Waals surface area contributed by atoms with Crippen LogP contribution in [0.4, 0.5) is 0 Å². The fraction of sp³-hybridized carbons (Fsp3) is 0.611. The van der Waals surface area contributed by atoms with E-state index < -0.39 is 0 Å². The molecule has 0 aromatic heterocycles. The molecule has 0 saturated heterocycles. The van der Waals surface area contributed by atoms with Gasteiger partial charge in [0.05, 0.1) is 0 Å². The molecule has 1 N–H and O–H groups in total. The monoisotopic (exact) mass is 292 g/mol. The molecule has 0 unspecified atom stereocenters. The van der Waals surface area contributed by atoms with Crippen molar-refractivity contribution in [3.63, 3.8) is 0 Å². The van der Waals surface area contributed by atoms with Crippen LogP contribution in [-0.4, -0.2) is 11.1 Å². The van der Waals surface area contributed by atoms with Gasteiger partial charge in [0.1, 0.15) is 12.4 Å². The molecule has 21 heavy (non-hydrogen) atoms. The standard InChI is InChI=1S/C18H28O3/c1-8-15(19)21-11-12-9-13(17(2,3)4)16(20)14(10-12)18(5,6)7/h9-10,20H,8,11H2,1-7H3. The quantitative estimate of drug-likeness (QED) is 0.838. The Morgan fingerprint density at radius 1 is 1.05 bits per heavy atom. The van der Waals surface area contributed by atoms with Crippen LogP contribution >= 0.6 is 0 Å². The second kappa shape index (κ2) is 6.08. The molecule has 0 fully saturated rings. The summed E-state index contributed by atoms with van der Waals surface area (Å²) in [6.45, 7) is 14.4. The zero-order valence-electron chi connectivity index (χ0n) is 14.3. The highest BCUT2D eigenvalue weighted by Crippen LogP contribution is 2.39. The van der Waals surface area contributed by atoms with Gasteiger partial charge in [-0.3, -0.25) is 4.79 Å². The molecule has 1 rings (SSSR count). The van der Waals surface area contributed by atoms with Gasteiger partial charge in [0.2, 0.25) is 0 Å². The lowest BCUT2D eigenvalue weighted by atomic mass is 9.78. The van der Waals surface area contributed by atoms with Crippen LogP contribution < -0.4 is 0 Å². The predicted molar refractivity (Wildman–Crippen MR) is 85.6 cm³/mol. The van der Waals surface area contributed by atoms with Crippen LogP contribution in [0.3, 0.4) is 0 Å². The van der Waals surface area contributed by atoms with Gasteiger partial charge in [-0.2, -0.15) is 0 Å². The fourth-order valence-corrected chi connectivity index (χ4v) is 2.19. The normalized spacial score (nSPS) is 12.3. The maximum Gasteiger partial charge on any atom is 0.305 e. The number of benzene rings is 1. The molecule has 1 aromatic rings. The number of hydrogen-bond acceptors (Lipinski definition) is 3. The van der Waals surface area contributed by atoms with Crippen LogP contribution in [0.5, 0.6) is 5.75 Å². The van der Waals surface area contributed by atoms with E-state index in [0.29, 0.717) is 12.2 Å². The summed E-state index contributed by atoms with van der Waals surface area (Å²) in [5.41, 5.74) is 2.35. The average molecular weight is 292 g/mol. The summed E-state index contributed by atoms with van der Waals surface area (Å²) in [6.07, 6.45) is 0.371. The largest absolute Gasteiger partial charge is 0.507 e. The zero-order valence-corrected chi connectivity index (χ0v) is 14.3. The number of hydrogen-bond donors (Lipinski definition) is 1. The van der Waals surface area contributed by atoms with E-state index in [2.05, 4.69) is 41.5 Å². The molecule has 3 nitrogen and oxygen atoms in total. The summed E-state index contributed by atoms with van der Waals surface area (Å²) in [5.74, 6) is 0.137. The number of aromatic hydroxyl groups is 1. The Morgan fingerprint density at radius 2 is 1.48 bits per heavy atom. The minimum absolute atomic E-state index is 0.172. The smallest absolute Gasteiger partial charge is 0.305 e. The van der Waals surface area contributed by atoms with E-state index in [-0.39, 0.29) is 23.4 Å². The lowest BCUT2D eigenvalue weighted by Crippen LogP contribution is -2.18. The van der Waals surface area contributed by atoms with Crippen molar-refractivity contribution < 1.29 is 14.6 Å². The van der Waals surface area contributed by atoms with E-state index in [1.54, 1.807) is 6.92 Å². The Bertz CT molecular complexity index is 481. The van der Waals surface area contributed by atoms with Crippen molar-refractivity contribution >= 4 is 5.97 Å². The molecule has 0 heterocycles. The van der Waals surface area contributed by atoms with Crippen molar-refractivity contribution in [2.45, 2.75) is 72.3 Å². The van der Waals surface area contributed by atoms with Gasteiger partial charge in [0.25, 0.3) is 0 Å². The molecule has 0 spiro atoms. The van der Waals surface area contributed by atoms with E-state index in [9.17, 15) is 9.90 Å². The average Bonchev–Trinajstić information content (AvgIpc) is 2.34. The van der Waals surface area contributed by atoms with Crippen molar-refractivity contribution in [2.24, 2.45) is 0 Å². The Morgan fingerprint density at radius 3 is 1.81 bits per heavy atom. The topological polar surface area (TPSA) is 46.5 Å². The molecule has 0 amide bonds. The Labute approximate surface area is 128 Å². The molecular weight excluding hydrogens is 264 g/mol. The van der Waals surface area contributed by atoms with Gasteiger partial charge in [-0.1, -0.05) is 48.5 Å². The molecule has 0 aliphatic heterocycles. The van der Waals surface area contributed by atoms with Crippen LogP contribution in [0, 0.1) is 0 Å². The van der Waals surface area contributed by atoms with E-state index in [4.69, 9.17) is 4.74 Å². The highest BCUT2D eigenvalue weighted by Gasteiger charge is 2.26. The van der Waals surface area contributed by atoms with E-state index >= 15 is 0 Å². The molecule has 0 aliphatic rings. The van der Waals surface area contributed by atoms with Crippen LogP contribution in [0.1, 0.15) is 71.6 Å². The van der Waals surface area contributed by atoms with E-state index in [0.717, 1.165) is 16.7 Å². The highest BCUT2D eigenvalue weighted by atomic mass is 16.5. The van der Waals surface area contributed by atoms with Gasteiger partial charge in [-0.25, -0.2) is 0 Å². The first-order valence-corrected chi connectivity index (χ1v) is 7.49. The van der Waals surface area contributed by atoms with Gasteiger partial charge in [-0.05, 0) is 39.7 Å². The number of esters is 1. The maximum atomic E-state index is 11.3. The number of rotatable bonds is 3. The van der Waals surface area contributed by atoms with Gasteiger partial charge < -0.3 is 9.84 Å². The maximum absolute atomic E-state index is 11.3. The van der Waals surface area contributed by atoms with Crippen LogP contribution in [0.15, 0.2) is 12.1 Å². The third kappa shape index (κ3) is 4.48. The summed E-state index contributed by atoms with van der Waals surface area (Å²) < 4.78 is 5.23. The SMILES string of the molecule is CCC(=O)OCc1cc(C(C)(C)C)c(O)c(C(C)(C)C)c1. The second-order valence-corrected chi connectivity index (χ2v) is 7.55. The Hall–Kier alpha value is -1.51.